The highest BCUT2D eigenvalue weighted by Gasteiger charge is 2.13. The first-order valence-corrected chi connectivity index (χ1v) is 6.75. The Balaban J connectivity index is 2.28. The van der Waals surface area contributed by atoms with Crippen molar-refractivity contribution in [3.8, 4) is 0 Å². The van der Waals surface area contributed by atoms with Crippen LogP contribution in [0.2, 0.25) is 0 Å². The van der Waals surface area contributed by atoms with E-state index >= 15 is 0 Å². The van der Waals surface area contributed by atoms with Crippen LogP contribution in [0.1, 0.15) is 41.3 Å². The molecule has 0 spiro atoms. The molecule has 20 heavy (non-hydrogen) atoms. The number of carbonyl (C=O) groups is 1. The summed E-state index contributed by atoms with van der Waals surface area (Å²) in [7, 11) is 0. The molecule has 0 saturated carbocycles. The Labute approximate surface area is 119 Å². The molecule has 2 aromatic carbocycles. The molecule has 104 valence electrons. The summed E-state index contributed by atoms with van der Waals surface area (Å²) < 4.78 is 0. The topological polar surface area (TPSA) is 55.1 Å². The number of anilines is 2. The first-order chi connectivity index (χ1) is 9.49. The average molecular weight is 268 g/mol. The number of benzene rings is 2. The third-order valence-electron chi connectivity index (χ3n) is 3.28. The fraction of sp³-hybridized carbons (Fsp3) is 0.235. The minimum atomic E-state index is -0.171. The third-order valence-corrected chi connectivity index (χ3v) is 3.28. The van der Waals surface area contributed by atoms with Gasteiger partial charge < -0.3 is 11.1 Å². The molecule has 0 aliphatic carbocycles. The van der Waals surface area contributed by atoms with Crippen molar-refractivity contribution in [1.29, 1.82) is 0 Å². The summed E-state index contributed by atoms with van der Waals surface area (Å²) in [6, 6.07) is 13.3. The fourth-order valence-corrected chi connectivity index (χ4v) is 2.19. The maximum atomic E-state index is 12.3. The molecule has 0 bridgehead atoms. The number of nitrogen functional groups attached to an aromatic ring is 1. The molecule has 0 aliphatic rings. The van der Waals surface area contributed by atoms with E-state index in [1.807, 2.05) is 43.3 Å². The quantitative estimate of drug-likeness (QED) is 0.828. The summed E-state index contributed by atoms with van der Waals surface area (Å²) >= 11 is 0. The minimum Gasteiger partial charge on any atom is -0.398 e. The molecule has 0 fully saturated rings. The lowest BCUT2D eigenvalue weighted by Gasteiger charge is -2.14. The number of aryl methyl sites for hydroxylation is 1. The molecule has 0 aliphatic heterocycles. The van der Waals surface area contributed by atoms with Crippen molar-refractivity contribution in [2.24, 2.45) is 0 Å². The van der Waals surface area contributed by atoms with E-state index in [0.717, 1.165) is 16.8 Å². The lowest BCUT2D eigenvalue weighted by Crippen LogP contribution is -2.15. The van der Waals surface area contributed by atoms with Crippen molar-refractivity contribution >= 4 is 17.3 Å². The number of hydrogen-bond donors (Lipinski definition) is 2. The Hall–Kier alpha value is -2.29. The molecule has 0 unspecified atom stereocenters. The van der Waals surface area contributed by atoms with E-state index in [1.54, 1.807) is 6.07 Å². The van der Waals surface area contributed by atoms with Gasteiger partial charge in [0.1, 0.15) is 0 Å². The van der Waals surface area contributed by atoms with Gasteiger partial charge in [-0.1, -0.05) is 38.1 Å². The molecule has 2 aromatic rings. The smallest absolute Gasteiger partial charge is 0.257 e. The summed E-state index contributed by atoms with van der Waals surface area (Å²) in [6.07, 6.45) is 0. The standard InChI is InChI=1S/C17H20N2O/c1-11(2)13-6-4-5-7-16(13)19-17(20)14-9-8-12(3)10-15(14)18/h4-11H,18H2,1-3H3,(H,19,20). The van der Waals surface area contributed by atoms with Gasteiger partial charge in [0, 0.05) is 11.4 Å². The Morgan fingerprint density at radius 1 is 1.15 bits per heavy atom. The van der Waals surface area contributed by atoms with Gasteiger partial charge in [-0.25, -0.2) is 0 Å². The highest BCUT2D eigenvalue weighted by Crippen LogP contribution is 2.25. The minimum absolute atomic E-state index is 0.171. The van der Waals surface area contributed by atoms with Gasteiger partial charge in [0.05, 0.1) is 5.56 Å². The number of nitrogens with two attached hydrogens (primary N) is 1. The molecule has 0 radical (unpaired) electrons. The lowest BCUT2D eigenvalue weighted by molar-refractivity contribution is 0.102. The van der Waals surface area contributed by atoms with Gasteiger partial charge in [0.2, 0.25) is 0 Å². The number of nitrogens with one attached hydrogen (secondary N) is 1. The van der Waals surface area contributed by atoms with Gasteiger partial charge in [-0.15, -0.1) is 0 Å². The van der Waals surface area contributed by atoms with Crippen LogP contribution < -0.4 is 11.1 Å². The van der Waals surface area contributed by atoms with Crippen molar-refractivity contribution in [1.82, 2.24) is 0 Å². The molecule has 0 saturated heterocycles. The van der Waals surface area contributed by atoms with Crippen LogP contribution in [0, 0.1) is 6.92 Å². The molecule has 3 heteroatoms. The summed E-state index contributed by atoms with van der Waals surface area (Å²) in [6.45, 7) is 6.16. The molecule has 0 aromatic heterocycles. The number of amides is 1. The van der Waals surface area contributed by atoms with Crippen molar-refractivity contribution in [3.63, 3.8) is 0 Å². The first kappa shape index (κ1) is 14.1. The number of carbonyl (C=O) groups excluding carboxylic acids is 1. The maximum Gasteiger partial charge on any atom is 0.257 e. The van der Waals surface area contributed by atoms with E-state index in [9.17, 15) is 4.79 Å². The highest BCUT2D eigenvalue weighted by atomic mass is 16.1. The summed E-state index contributed by atoms with van der Waals surface area (Å²) in [4.78, 5) is 12.3. The Bertz CT molecular complexity index is 633. The molecule has 3 nitrogen and oxygen atoms in total. The van der Waals surface area contributed by atoms with Crippen LogP contribution in [-0.2, 0) is 0 Å². The van der Waals surface area contributed by atoms with E-state index in [0.29, 0.717) is 17.2 Å². The van der Waals surface area contributed by atoms with Crippen LogP contribution in [0.25, 0.3) is 0 Å². The molecule has 0 atom stereocenters. The molecular formula is C17H20N2O. The van der Waals surface area contributed by atoms with E-state index in [-0.39, 0.29) is 5.91 Å². The van der Waals surface area contributed by atoms with E-state index in [1.165, 1.54) is 0 Å². The first-order valence-electron chi connectivity index (χ1n) is 6.75. The van der Waals surface area contributed by atoms with Gasteiger partial charge in [0.15, 0.2) is 0 Å². The number of para-hydroxylation sites is 1. The van der Waals surface area contributed by atoms with Crippen molar-refractivity contribution < 1.29 is 4.79 Å². The van der Waals surface area contributed by atoms with Crippen LogP contribution in [0.3, 0.4) is 0 Å². The largest absolute Gasteiger partial charge is 0.398 e. The normalized spacial score (nSPS) is 10.6. The summed E-state index contributed by atoms with van der Waals surface area (Å²) in [5, 5.41) is 2.95. The summed E-state index contributed by atoms with van der Waals surface area (Å²) in [5.74, 6) is 0.178. The van der Waals surface area contributed by atoms with Crippen molar-refractivity contribution in [2.45, 2.75) is 26.7 Å². The van der Waals surface area contributed by atoms with Gasteiger partial charge in [0.25, 0.3) is 5.91 Å². The van der Waals surface area contributed by atoms with Crippen molar-refractivity contribution in [3.05, 3.63) is 59.2 Å². The summed E-state index contributed by atoms with van der Waals surface area (Å²) in [5.41, 5.74) is 9.93. The average Bonchev–Trinajstić information content (AvgIpc) is 2.38. The zero-order chi connectivity index (χ0) is 14.7. The zero-order valence-electron chi connectivity index (χ0n) is 12.1. The SMILES string of the molecule is Cc1ccc(C(=O)Nc2ccccc2C(C)C)c(N)c1. The monoisotopic (exact) mass is 268 g/mol. The van der Waals surface area contributed by atoms with Crippen LogP contribution in [0.15, 0.2) is 42.5 Å². The Morgan fingerprint density at radius 3 is 2.50 bits per heavy atom. The van der Waals surface area contributed by atoms with Crippen LogP contribution in [-0.4, -0.2) is 5.91 Å². The molecular weight excluding hydrogens is 248 g/mol. The second kappa shape index (κ2) is 5.78. The van der Waals surface area contributed by atoms with E-state index < -0.39 is 0 Å². The molecule has 0 heterocycles. The molecule has 3 N–H and O–H groups in total. The predicted molar refractivity (Wildman–Crippen MR) is 84.1 cm³/mol. The van der Waals surface area contributed by atoms with Gasteiger partial charge in [-0.05, 0) is 42.2 Å². The van der Waals surface area contributed by atoms with Crippen LogP contribution >= 0.6 is 0 Å². The number of rotatable bonds is 3. The lowest BCUT2D eigenvalue weighted by atomic mass is 10.0. The number of hydrogen-bond acceptors (Lipinski definition) is 2. The van der Waals surface area contributed by atoms with Gasteiger partial charge in [-0.3, -0.25) is 4.79 Å². The Kier molecular flexibility index (Phi) is 4.08. The van der Waals surface area contributed by atoms with E-state index in [2.05, 4.69) is 19.2 Å². The predicted octanol–water partition coefficient (Wildman–Crippen LogP) is 3.95. The van der Waals surface area contributed by atoms with E-state index in [4.69, 9.17) is 5.73 Å². The fourth-order valence-electron chi connectivity index (χ4n) is 2.19. The van der Waals surface area contributed by atoms with Crippen LogP contribution in [0.4, 0.5) is 11.4 Å². The zero-order valence-corrected chi connectivity index (χ0v) is 12.1. The van der Waals surface area contributed by atoms with Gasteiger partial charge in [-0.2, -0.15) is 0 Å². The highest BCUT2D eigenvalue weighted by molar-refractivity contribution is 6.08. The second-order valence-corrected chi connectivity index (χ2v) is 5.29. The maximum absolute atomic E-state index is 12.3. The van der Waals surface area contributed by atoms with Crippen molar-refractivity contribution in [2.75, 3.05) is 11.1 Å². The Morgan fingerprint density at radius 2 is 1.85 bits per heavy atom. The third kappa shape index (κ3) is 2.99. The molecule has 2 rings (SSSR count). The van der Waals surface area contributed by atoms with Crippen LogP contribution in [0.5, 0.6) is 0 Å². The molecule has 1 amide bonds. The second-order valence-electron chi connectivity index (χ2n) is 5.29. The van der Waals surface area contributed by atoms with Gasteiger partial charge >= 0.3 is 0 Å².